The summed E-state index contributed by atoms with van der Waals surface area (Å²) in [7, 11) is 3.40. The highest BCUT2D eigenvalue weighted by Crippen LogP contribution is 2.29. The summed E-state index contributed by atoms with van der Waals surface area (Å²) in [5.41, 5.74) is 1.45. The van der Waals surface area contributed by atoms with E-state index in [0.29, 0.717) is 38.0 Å². The zero-order valence-corrected chi connectivity index (χ0v) is 18.9. The third-order valence-corrected chi connectivity index (χ3v) is 5.50. The van der Waals surface area contributed by atoms with Gasteiger partial charge in [0.15, 0.2) is 0 Å². The van der Waals surface area contributed by atoms with Crippen molar-refractivity contribution in [1.29, 1.82) is 0 Å². The fourth-order valence-electron chi connectivity index (χ4n) is 3.48. The Morgan fingerprint density at radius 2 is 1.85 bits per heavy atom. The van der Waals surface area contributed by atoms with Crippen molar-refractivity contribution in [2.75, 3.05) is 27.2 Å². The molecule has 1 aliphatic heterocycles. The van der Waals surface area contributed by atoms with Crippen LogP contribution in [0.25, 0.3) is 6.08 Å². The molecule has 182 valence electrons. The van der Waals surface area contributed by atoms with Gasteiger partial charge in [0.05, 0.1) is 37.1 Å². The van der Waals surface area contributed by atoms with Crippen molar-refractivity contribution in [2.24, 2.45) is 0 Å². The monoisotopic (exact) mass is 477 g/mol. The Bertz CT molecular complexity index is 1070. The first kappa shape index (κ1) is 25.0. The van der Waals surface area contributed by atoms with Gasteiger partial charge >= 0.3 is 6.18 Å². The molecule has 1 aromatic carbocycles. The second-order valence-electron chi connectivity index (χ2n) is 8.11. The van der Waals surface area contributed by atoms with Gasteiger partial charge in [-0.3, -0.25) is 19.1 Å². The van der Waals surface area contributed by atoms with Crippen molar-refractivity contribution in [2.45, 2.75) is 32.1 Å². The SMILES string of the molecule is CN(C)C(=O)CCc1cnn2c1CN(C(=O)CNC(=O)/C=C/c1ccc(C(F)(F)F)cc1)CC2. The lowest BCUT2D eigenvalue weighted by molar-refractivity contribution is -0.137. The number of halogens is 3. The largest absolute Gasteiger partial charge is 0.416 e. The maximum atomic E-state index is 12.6. The van der Waals surface area contributed by atoms with Gasteiger partial charge in [-0.15, -0.1) is 0 Å². The van der Waals surface area contributed by atoms with E-state index in [9.17, 15) is 27.6 Å². The second kappa shape index (κ2) is 10.5. The number of carbonyl (C=O) groups excluding carboxylic acids is 3. The number of aryl methyl sites for hydroxylation is 1. The lowest BCUT2D eigenvalue weighted by Gasteiger charge is -2.28. The van der Waals surface area contributed by atoms with Gasteiger partial charge in [-0.2, -0.15) is 18.3 Å². The van der Waals surface area contributed by atoms with Crippen LogP contribution in [0.5, 0.6) is 0 Å². The summed E-state index contributed by atoms with van der Waals surface area (Å²) >= 11 is 0. The van der Waals surface area contributed by atoms with Gasteiger partial charge in [-0.25, -0.2) is 0 Å². The van der Waals surface area contributed by atoms with E-state index in [1.54, 1.807) is 25.2 Å². The first-order chi connectivity index (χ1) is 16.0. The highest BCUT2D eigenvalue weighted by molar-refractivity contribution is 5.94. The first-order valence-electron chi connectivity index (χ1n) is 10.7. The third kappa shape index (κ3) is 6.46. The Balaban J connectivity index is 1.50. The number of hydrogen-bond donors (Lipinski definition) is 1. The average Bonchev–Trinajstić information content (AvgIpc) is 3.21. The lowest BCUT2D eigenvalue weighted by atomic mass is 10.1. The van der Waals surface area contributed by atoms with Gasteiger partial charge < -0.3 is 15.1 Å². The lowest BCUT2D eigenvalue weighted by Crippen LogP contribution is -2.43. The molecule has 1 aliphatic rings. The highest BCUT2D eigenvalue weighted by Gasteiger charge is 2.29. The molecule has 2 aromatic rings. The Labute approximate surface area is 195 Å². The molecule has 2 heterocycles. The number of benzene rings is 1. The highest BCUT2D eigenvalue weighted by atomic mass is 19.4. The maximum Gasteiger partial charge on any atom is 0.416 e. The van der Waals surface area contributed by atoms with Crippen LogP contribution in [0, 0.1) is 0 Å². The minimum Gasteiger partial charge on any atom is -0.349 e. The van der Waals surface area contributed by atoms with Crippen LogP contribution in [0.3, 0.4) is 0 Å². The summed E-state index contributed by atoms with van der Waals surface area (Å²) < 4.78 is 39.7. The Morgan fingerprint density at radius 1 is 1.15 bits per heavy atom. The van der Waals surface area contributed by atoms with Crippen LogP contribution in [0.15, 0.2) is 36.5 Å². The average molecular weight is 477 g/mol. The van der Waals surface area contributed by atoms with Gasteiger partial charge in [-0.05, 0) is 35.8 Å². The molecule has 8 nitrogen and oxygen atoms in total. The normalized spacial score (nSPS) is 13.6. The summed E-state index contributed by atoms with van der Waals surface area (Å²) in [5, 5.41) is 6.83. The Hall–Kier alpha value is -3.63. The minimum absolute atomic E-state index is 0.00996. The molecule has 0 spiro atoms. The van der Waals surface area contributed by atoms with Crippen molar-refractivity contribution in [3.8, 4) is 0 Å². The summed E-state index contributed by atoms with van der Waals surface area (Å²) in [6.07, 6.45) is 0.721. The quantitative estimate of drug-likeness (QED) is 0.619. The molecule has 0 radical (unpaired) electrons. The first-order valence-corrected chi connectivity index (χ1v) is 10.7. The fourth-order valence-corrected chi connectivity index (χ4v) is 3.48. The van der Waals surface area contributed by atoms with E-state index >= 15 is 0 Å². The van der Waals surface area contributed by atoms with Gasteiger partial charge in [0, 0.05) is 33.1 Å². The zero-order chi connectivity index (χ0) is 24.9. The number of nitrogens with one attached hydrogen (secondary N) is 1. The van der Waals surface area contributed by atoms with Crippen LogP contribution in [-0.2, 0) is 40.1 Å². The van der Waals surface area contributed by atoms with Crippen molar-refractivity contribution in [3.63, 3.8) is 0 Å². The number of carbonyl (C=O) groups is 3. The van der Waals surface area contributed by atoms with E-state index in [4.69, 9.17) is 0 Å². The standard InChI is InChI=1S/C23H26F3N5O3/c1-29(2)21(33)10-6-17-13-28-31-12-11-30(15-19(17)31)22(34)14-27-20(32)9-5-16-3-7-18(8-4-16)23(24,25)26/h3-5,7-9,13H,6,10-12,14-15H2,1-2H3,(H,27,32)/b9-5+. The van der Waals surface area contributed by atoms with Crippen LogP contribution >= 0.6 is 0 Å². The number of aromatic nitrogens is 2. The van der Waals surface area contributed by atoms with Crippen LogP contribution in [-0.4, -0.2) is 64.5 Å². The molecular formula is C23H26F3N5O3. The van der Waals surface area contributed by atoms with Gasteiger partial charge in [0.2, 0.25) is 17.7 Å². The summed E-state index contributed by atoms with van der Waals surface area (Å²) in [5.74, 6) is -0.784. The molecule has 0 fully saturated rings. The molecule has 0 atom stereocenters. The number of amides is 3. The molecule has 0 bridgehead atoms. The molecule has 3 amide bonds. The molecule has 3 rings (SSSR count). The number of rotatable bonds is 7. The van der Waals surface area contributed by atoms with E-state index in [1.807, 2.05) is 4.68 Å². The summed E-state index contributed by atoms with van der Waals surface area (Å²) in [6, 6.07) is 4.40. The van der Waals surface area contributed by atoms with Crippen LogP contribution < -0.4 is 5.32 Å². The topological polar surface area (TPSA) is 87.5 Å². The van der Waals surface area contributed by atoms with E-state index in [0.717, 1.165) is 23.4 Å². The smallest absolute Gasteiger partial charge is 0.349 e. The van der Waals surface area contributed by atoms with Crippen molar-refractivity contribution >= 4 is 23.8 Å². The van der Waals surface area contributed by atoms with Crippen molar-refractivity contribution in [3.05, 3.63) is 58.9 Å². The van der Waals surface area contributed by atoms with Crippen LogP contribution in [0.1, 0.15) is 28.8 Å². The van der Waals surface area contributed by atoms with Crippen molar-refractivity contribution in [1.82, 2.24) is 24.9 Å². The summed E-state index contributed by atoms with van der Waals surface area (Å²) in [4.78, 5) is 39.7. The van der Waals surface area contributed by atoms with Crippen LogP contribution in [0.2, 0.25) is 0 Å². The number of fused-ring (bicyclic) bond motifs is 1. The predicted octanol–water partition coefficient (Wildman–Crippen LogP) is 2.09. The van der Waals surface area contributed by atoms with Crippen LogP contribution in [0.4, 0.5) is 13.2 Å². The number of hydrogen-bond acceptors (Lipinski definition) is 4. The predicted molar refractivity (Wildman–Crippen MR) is 118 cm³/mol. The van der Waals surface area contributed by atoms with E-state index in [1.165, 1.54) is 29.2 Å². The molecule has 1 aromatic heterocycles. The fraction of sp³-hybridized carbons (Fsp3) is 0.391. The number of nitrogens with zero attached hydrogens (tertiary/aromatic N) is 4. The van der Waals surface area contributed by atoms with E-state index in [2.05, 4.69) is 10.4 Å². The maximum absolute atomic E-state index is 12.6. The molecule has 0 aliphatic carbocycles. The molecule has 11 heteroatoms. The zero-order valence-electron chi connectivity index (χ0n) is 18.9. The van der Waals surface area contributed by atoms with E-state index < -0.39 is 17.6 Å². The van der Waals surface area contributed by atoms with Gasteiger partial charge in [0.25, 0.3) is 0 Å². The number of alkyl halides is 3. The molecule has 0 saturated heterocycles. The van der Waals surface area contributed by atoms with Gasteiger partial charge in [-0.1, -0.05) is 12.1 Å². The molecular weight excluding hydrogens is 451 g/mol. The van der Waals surface area contributed by atoms with E-state index in [-0.39, 0.29) is 18.4 Å². The van der Waals surface area contributed by atoms with Crippen molar-refractivity contribution < 1.29 is 27.6 Å². The molecule has 0 saturated carbocycles. The molecule has 34 heavy (non-hydrogen) atoms. The van der Waals surface area contributed by atoms with Gasteiger partial charge in [0.1, 0.15) is 0 Å². The summed E-state index contributed by atoms with van der Waals surface area (Å²) in [6.45, 7) is 1.09. The third-order valence-electron chi connectivity index (χ3n) is 5.50. The molecule has 0 unspecified atom stereocenters. The minimum atomic E-state index is -4.42. The Kier molecular flexibility index (Phi) is 7.75. The Morgan fingerprint density at radius 3 is 2.50 bits per heavy atom. The molecule has 1 N–H and O–H groups in total. The second-order valence-corrected chi connectivity index (χ2v) is 8.11.